The van der Waals surface area contributed by atoms with Gasteiger partial charge >= 0.3 is 0 Å². The molecule has 0 spiro atoms. The van der Waals surface area contributed by atoms with Crippen molar-refractivity contribution in [3.63, 3.8) is 0 Å². The topological polar surface area (TPSA) is 68.4 Å². The van der Waals surface area contributed by atoms with E-state index in [2.05, 4.69) is 31.2 Å². The van der Waals surface area contributed by atoms with E-state index in [-0.39, 0.29) is 0 Å². The molecule has 0 radical (unpaired) electrons. The predicted octanol–water partition coefficient (Wildman–Crippen LogP) is 0.509. The second-order valence-electron chi connectivity index (χ2n) is 4.47. The van der Waals surface area contributed by atoms with E-state index in [9.17, 15) is 0 Å². The van der Waals surface area contributed by atoms with Gasteiger partial charge < -0.3 is 9.64 Å². The Morgan fingerprint density at radius 2 is 2.05 bits per heavy atom. The minimum absolute atomic E-state index is 0.686. The number of morpholine rings is 1. The van der Waals surface area contributed by atoms with Crippen LogP contribution < -0.4 is 4.90 Å². The third-order valence-corrected chi connectivity index (χ3v) is 3.34. The fraction of sp³-hybridized carbons (Fsp3) is 0.333. The normalized spacial score (nSPS) is 16.3. The van der Waals surface area contributed by atoms with Crippen LogP contribution in [-0.4, -0.2) is 51.1 Å². The number of pyridine rings is 1. The van der Waals surface area contributed by atoms with Gasteiger partial charge in [0.2, 0.25) is 5.65 Å². The molecule has 4 rings (SSSR count). The van der Waals surface area contributed by atoms with Gasteiger partial charge in [0.15, 0.2) is 0 Å². The van der Waals surface area contributed by atoms with Gasteiger partial charge in [-0.3, -0.25) is 0 Å². The van der Waals surface area contributed by atoms with Gasteiger partial charge in [-0.15, -0.1) is 10.2 Å². The second kappa shape index (κ2) is 4.13. The number of hydrogen-bond donors (Lipinski definition) is 0. The first-order valence-electron chi connectivity index (χ1n) is 6.19. The SMILES string of the molecule is c1nc2c(cnn3cnnc23)cc1N1CCOCC1. The van der Waals surface area contributed by atoms with Crippen molar-refractivity contribution < 1.29 is 4.74 Å². The standard InChI is InChI=1S/C12H12N6O/c1-3-19-4-2-17(1)10-5-9-6-15-18-8-14-16-12(18)11(9)13-7-10/h5-8H,1-4H2. The largest absolute Gasteiger partial charge is 0.378 e. The van der Waals surface area contributed by atoms with Crippen LogP contribution in [0, 0.1) is 0 Å². The van der Waals surface area contributed by atoms with E-state index in [0.717, 1.165) is 42.9 Å². The molecule has 0 saturated carbocycles. The lowest BCUT2D eigenvalue weighted by Crippen LogP contribution is -2.36. The predicted molar refractivity (Wildman–Crippen MR) is 69.1 cm³/mol. The van der Waals surface area contributed by atoms with Crippen molar-refractivity contribution in [3.8, 4) is 0 Å². The molecule has 0 bridgehead atoms. The van der Waals surface area contributed by atoms with Gasteiger partial charge in [-0.1, -0.05) is 0 Å². The van der Waals surface area contributed by atoms with E-state index in [4.69, 9.17) is 4.74 Å². The van der Waals surface area contributed by atoms with E-state index in [1.807, 2.05) is 6.20 Å². The molecule has 0 N–H and O–H groups in total. The van der Waals surface area contributed by atoms with Crippen molar-refractivity contribution in [1.82, 2.24) is 24.8 Å². The smallest absolute Gasteiger partial charge is 0.203 e. The molecular formula is C12H12N6O. The van der Waals surface area contributed by atoms with Crippen LogP contribution in [0.25, 0.3) is 16.6 Å². The van der Waals surface area contributed by atoms with Gasteiger partial charge in [0, 0.05) is 18.5 Å². The summed E-state index contributed by atoms with van der Waals surface area (Å²) >= 11 is 0. The zero-order chi connectivity index (χ0) is 12.7. The maximum Gasteiger partial charge on any atom is 0.203 e. The summed E-state index contributed by atoms with van der Waals surface area (Å²) in [5.74, 6) is 0. The van der Waals surface area contributed by atoms with Gasteiger partial charge in [0.25, 0.3) is 0 Å². The number of nitrogens with zero attached hydrogens (tertiary/aromatic N) is 6. The van der Waals surface area contributed by atoms with E-state index >= 15 is 0 Å². The zero-order valence-corrected chi connectivity index (χ0v) is 10.2. The Morgan fingerprint density at radius 3 is 2.95 bits per heavy atom. The molecule has 19 heavy (non-hydrogen) atoms. The van der Waals surface area contributed by atoms with Gasteiger partial charge in [-0.05, 0) is 6.07 Å². The molecule has 4 heterocycles. The summed E-state index contributed by atoms with van der Waals surface area (Å²) < 4.78 is 6.99. The first-order chi connectivity index (χ1) is 9.42. The van der Waals surface area contributed by atoms with Gasteiger partial charge in [-0.25, -0.2) is 4.98 Å². The van der Waals surface area contributed by atoms with Gasteiger partial charge in [0.1, 0.15) is 11.8 Å². The Kier molecular flexibility index (Phi) is 2.31. The number of ether oxygens (including phenoxy) is 1. The van der Waals surface area contributed by atoms with Crippen molar-refractivity contribution >= 4 is 22.2 Å². The minimum Gasteiger partial charge on any atom is -0.378 e. The quantitative estimate of drug-likeness (QED) is 0.632. The van der Waals surface area contributed by atoms with Crippen LogP contribution in [0.3, 0.4) is 0 Å². The highest BCUT2D eigenvalue weighted by atomic mass is 16.5. The molecule has 1 aliphatic rings. The fourth-order valence-corrected chi connectivity index (χ4v) is 2.34. The summed E-state index contributed by atoms with van der Waals surface area (Å²) in [5.41, 5.74) is 2.61. The van der Waals surface area contributed by atoms with Crippen molar-refractivity contribution in [1.29, 1.82) is 0 Å². The molecule has 0 aromatic carbocycles. The molecule has 3 aromatic heterocycles. The molecule has 0 unspecified atom stereocenters. The van der Waals surface area contributed by atoms with Gasteiger partial charge in [-0.2, -0.15) is 9.61 Å². The van der Waals surface area contributed by atoms with E-state index < -0.39 is 0 Å². The maximum atomic E-state index is 5.36. The number of rotatable bonds is 1. The lowest BCUT2D eigenvalue weighted by atomic mass is 10.2. The van der Waals surface area contributed by atoms with Crippen LogP contribution in [-0.2, 0) is 4.74 Å². The first-order valence-corrected chi connectivity index (χ1v) is 6.19. The lowest BCUT2D eigenvalue weighted by Gasteiger charge is -2.28. The second-order valence-corrected chi connectivity index (χ2v) is 4.47. The summed E-state index contributed by atoms with van der Waals surface area (Å²) in [6.07, 6.45) is 5.25. The van der Waals surface area contributed by atoms with Gasteiger partial charge in [0.05, 0.1) is 31.3 Å². The lowest BCUT2D eigenvalue weighted by molar-refractivity contribution is 0.122. The third kappa shape index (κ3) is 1.70. The van der Waals surface area contributed by atoms with Crippen molar-refractivity contribution in [2.45, 2.75) is 0 Å². The number of fused-ring (bicyclic) bond motifs is 3. The van der Waals surface area contributed by atoms with E-state index in [1.165, 1.54) is 0 Å². The number of anilines is 1. The first kappa shape index (κ1) is 10.6. The monoisotopic (exact) mass is 256 g/mol. The van der Waals surface area contributed by atoms with Crippen LogP contribution in [0.4, 0.5) is 5.69 Å². The van der Waals surface area contributed by atoms with Crippen molar-refractivity contribution in [3.05, 3.63) is 24.8 Å². The summed E-state index contributed by atoms with van der Waals surface area (Å²) in [6.45, 7) is 3.32. The summed E-state index contributed by atoms with van der Waals surface area (Å²) in [6, 6.07) is 2.09. The van der Waals surface area contributed by atoms with Crippen molar-refractivity contribution in [2.24, 2.45) is 0 Å². The molecular weight excluding hydrogens is 244 g/mol. The van der Waals surface area contributed by atoms with Crippen LogP contribution in [0.5, 0.6) is 0 Å². The molecule has 1 saturated heterocycles. The number of hydrogen-bond acceptors (Lipinski definition) is 6. The number of aromatic nitrogens is 5. The Balaban J connectivity index is 1.84. The summed E-state index contributed by atoms with van der Waals surface area (Å²) in [5, 5.41) is 13.1. The Hall–Kier alpha value is -2.28. The van der Waals surface area contributed by atoms with E-state index in [0.29, 0.717) is 5.65 Å². The van der Waals surface area contributed by atoms with Crippen LogP contribution in [0.15, 0.2) is 24.8 Å². The molecule has 1 fully saturated rings. The van der Waals surface area contributed by atoms with E-state index in [1.54, 1.807) is 17.0 Å². The summed E-state index contributed by atoms with van der Waals surface area (Å²) in [7, 11) is 0. The maximum absolute atomic E-state index is 5.36. The highest BCUT2D eigenvalue weighted by Gasteiger charge is 2.13. The van der Waals surface area contributed by atoms with Crippen LogP contribution >= 0.6 is 0 Å². The Bertz CT molecular complexity index is 733. The highest BCUT2D eigenvalue weighted by Crippen LogP contribution is 2.21. The molecule has 96 valence electrons. The fourth-order valence-electron chi connectivity index (χ4n) is 2.34. The average molecular weight is 256 g/mol. The Morgan fingerprint density at radius 1 is 1.16 bits per heavy atom. The molecule has 0 atom stereocenters. The zero-order valence-electron chi connectivity index (χ0n) is 10.2. The molecule has 7 nitrogen and oxygen atoms in total. The molecule has 0 amide bonds. The van der Waals surface area contributed by atoms with Crippen LogP contribution in [0.2, 0.25) is 0 Å². The Labute approximate surface area is 108 Å². The highest BCUT2D eigenvalue weighted by molar-refractivity contribution is 5.90. The molecule has 0 aliphatic carbocycles. The van der Waals surface area contributed by atoms with Crippen molar-refractivity contribution in [2.75, 3.05) is 31.2 Å². The molecule has 7 heteroatoms. The molecule has 1 aliphatic heterocycles. The summed E-state index contributed by atoms with van der Waals surface area (Å²) in [4.78, 5) is 6.78. The molecule has 3 aromatic rings. The third-order valence-electron chi connectivity index (χ3n) is 3.34. The van der Waals surface area contributed by atoms with Crippen LogP contribution in [0.1, 0.15) is 0 Å². The minimum atomic E-state index is 0.686. The average Bonchev–Trinajstić information content (AvgIpc) is 2.96.